The molecular weight excluding hydrogens is 253 g/mol. The number of carboxylic acid groups (broad SMARTS) is 2. The van der Waals surface area contributed by atoms with Gasteiger partial charge in [0.2, 0.25) is 0 Å². The van der Waals surface area contributed by atoms with Gasteiger partial charge in [0.25, 0.3) is 0 Å². The minimum Gasteiger partial charge on any atom is -0.790 e. The van der Waals surface area contributed by atoms with Gasteiger partial charge in [-0.05, 0) is 0 Å². The van der Waals surface area contributed by atoms with E-state index in [4.69, 9.17) is 29.5 Å². The summed E-state index contributed by atoms with van der Waals surface area (Å²) in [5, 5.41) is 15.6. The molecule has 0 amide bonds. The molecule has 0 saturated heterocycles. The molecule has 76 valence electrons. The predicted molar refractivity (Wildman–Crippen MR) is 34.2 cm³/mol. The summed E-state index contributed by atoms with van der Waals surface area (Å²) in [7, 11) is -5.14. The third kappa shape index (κ3) is 72.2. The minimum absolute atomic E-state index is 0. The maximum atomic E-state index is 9.55. The minimum atomic E-state index is -5.14. The second kappa shape index (κ2) is 12.9. The second-order valence-electron chi connectivity index (χ2n) is 1.48. The van der Waals surface area contributed by atoms with Crippen LogP contribution in [0, 0.1) is 0 Å². The summed E-state index contributed by atoms with van der Waals surface area (Å²) in [6.07, 6.45) is 1.12. The van der Waals surface area contributed by atoms with E-state index < -0.39 is 19.8 Å². The molecule has 0 aromatic heterocycles. The molecule has 0 aliphatic rings. The number of aliphatic carboxylic acids is 2. The van der Waals surface area contributed by atoms with Crippen molar-refractivity contribution in [1.29, 1.82) is 0 Å². The van der Waals surface area contributed by atoms with Gasteiger partial charge in [0.05, 0.1) is 7.82 Å². The van der Waals surface area contributed by atoms with E-state index in [0.717, 1.165) is 0 Å². The molecule has 0 fully saturated rings. The average Bonchev–Trinajstić information content (AvgIpc) is 1.79. The summed E-state index contributed by atoms with van der Waals surface area (Å²) < 4.78 is 8.66. The molecule has 0 rings (SSSR count). The Morgan fingerprint density at radius 1 is 1.00 bits per heavy atom. The van der Waals surface area contributed by atoms with Crippen LogP contribution < -0.4 is 68.9 Å². The van der Waals surface area contributed by atoms with Crippen molar-refractivity contribution in [1.82, 2.24) is 0 Å². The molecule has 0 radical (unpaired) electrons. The normalized spacial score (nSPS) is 9.00. The second-order valence-corrected chi connectivity index (χ2v) is 2.42. The van der Waals surface area contributed by atoms with Crippen molar-refractivity contribution in [2.75, 3.05) is 0 Å². The van der Waals surface area contributed by atoms with E-state index in [0.29, 0.717) is 12.2 Å². The molecule has 3 N–H and O–H groups in total. The van der Waals surface area contributed by atoms with Crippen LogP contribution in [0.2, 0.25) is 0 Å². The number of hydrogen-bond acceptors (Lipinski definition) is 5. The fourth-order valence-corrected chi connectivity index (χ4v) is 0.143. The van der Waals surface area contributed by atoms with Crippen LogP contribution in [0.4, 0.5) is 0 Å². The fraction of sp³-hybridized carbons (Fsp3) is 0. The van der Waals surface area contributed by atoms with Crippen LogP contribution in [0.5, 0.6) is 0 Å². The number of phosphoric acid groups is 1. The van der Waals surface area contributed by atoms with E-state index in [1.807, 2.05) is 0 Å². The zero-order chi connectivity index (χ0) is 11.1. The largest absolute Gasteiger partial charge is 1.00 e. The number of rotatable bonds is 2. The number of hydrogen-bond donors (Lipinski definition) is 3. The smallest absolute Gasteiger partial charge is 0.790 e. The Labute approximate surface area is 129 Å². The first-order valence-electron chi connectivity index (χ1n) is 2.51. The topological polar surface area (TPSA) is 158 Å². The molecule has 0 bridgehead atoms. The van der Waals surface area contributed by atoms with E-state index in [9.17, 15) is 9.59 Å². The summed E-state index contributed by atoms with van der Waals surface area (Å²) in [5.74, 6) is -2.51. The van der Waals surface area contributed by atoms with Crippen LogP contribution in [-0.2, 0) is 14.2 Å². The molecular formula is C4H5Na2O8P. The predicted octanol–water partition coefficient (Wildman–Crippen LogP) is -8.47. The van der Waals surface area contributed by atoms with E-state index in [-0.39, 0.29) is 59.1 Å². The van der Waals surface area contributed by atoms with Crippen molar-refractivity contribution in [2.45, 2.75) is 0 Å². The maximum Gasteiger partial charge on any atom is 1.00 e. The first kappa shape index (κ1) is 24.8. The quantitative estimate of drug-likeness (QED) is 0.250. The molecule has 8 nitrogen and oxygen atoms in total. The van der Waals surface area contributed by atoms with Gasteiger partial charge in [-0.2, -0.15) is 0 Å². The molecule has 0 aliphatic carbocycles. The van der Waals surface area contributed by atoms with Crippen molar-refractivity contribution >= 4 is 19.8 Å². The molecule has 0 unspecified atom stereocenters. The van der Waals surface area contributed by atoms with Crippen molar-refractivity contribution in [3.63, 3.8) is 0 Å². The van der Waals surface area contributed by atoms with Gasteiger partial charge in [0, 0.05) is 12.2 Å². The maximum absolute atomic E-state index is 9.55. The van der Waals surface area contributed by atoms with Gasteiger partial charge in [-0.15, -0.1) is 0 Å². The van der Waals surface area contributed by atoms with Crippen LogP contribution >= 0.6 is 7.82 Å². The average molecular weight is 258 g/mol. The molecule has 0 heterocycles. The van der Waals surface area contributed by atoms with Crippen molar-refractivity contribution in [3.8, 4) is 0 Å². The van der Waals surface area contributed by atoms with Crippen LogP contribution in [0.15, 0.2) is 12.2 Å². The third-order valence-corrected chi connectivity index (χ3v) is 0.368. The zero-order valence-corrected chi connectivity index (χ0v) is 12.9. The van der Waals surface area contributed by atoms with E-state index >= 15 is 0 Å². The molecule has 0 atom stereocenters. The Morgan fingerprint density at radius 3 is 1.20 bits per heavy atom. The van der Waals surface area contributed by atoms with Crippen LogP contribution in [-0.4, -0.2) is 27.0 Å². The summed E-state index contributed by atoms with van der Waals surface area (Å²) in [4.78, 5) is 43.4. The summed E-state index contributed by atoms with van der Waals surface area (Å²) in [6, 6.07) is 0. The van der Waals surface area contributed by atoms with Gasteiger partial charge in [-0.1, -0.05) is 0 Å². The molecule has 11 heteroatoms. The van der Waals surface area contributed by atoms with Gasteiger partial charge in [-0.25, -0.2) is 9.59 Å². The van der Waals surface area contributed by atoms with E-state index in [1.165, 1.54) is 0 Å². The molecule has 0 saturated carbocycles. The first-order valence-corrected chi connectivity index (χ1v) is 4.01. The van der Waals surface area contributed by atoms with Gasteiger partial charge < -0.3 is 29.5 Å². The van der Waals surface area contributed by atoms with Crippen molar-refractivity contribution in [3.05, 3.63) is 12.2 Å². The zero-order valence-electron chi connectivity index (χ0n) is 7.98. The summed E-state index contributed by atoms with van der Waals surface area (Å²) >= 11 is 0. The number of carboxylic acids is 2. The molecule has 0 aliphatic heterocycles. The molecule has 0 spiro atoms. The Morgan fingerprint density at radius 2 is 1.13 bits per heavy atom. The molecule has 0 aromatic rings. The number of carbonyl (C=O) groups is 2. The SMILES string of the molecule is O=C(O)/C=C\C(=O)O.O=P([O-])([O-])O.[Na+].[Na+]. The van der Waals surface area contributed by atoms with Crippen molar-refractivity contribution < 1.29 is 98.2 Å². The summed E-state index contributed by atoms with van der Waals surface area (Å²) in [6.45, 7) is 0. The Balaban J connectivity index is -0.0000000770. The molecule has 15 heavy (non-hydrogen) atoms. The first-order chi connectivity index (χ1) is 5.63. The Hall–Kier alpha value is 0.790. The van der Waals surface area contributed by atoms with E-state index in [2.05, 4.69) is 0 Å². The van der Waals surface area contributed by atoms with Gasteiger partial charge in [0.15, 0.2) is 0 Å². The monoisotopic (exact) mass is 258 g/mol. The van der Waals surface area contributed by atoms with Gasteiger partial charge in [-0.3, -0.25) is 0 Å². The van der Waals surface area contributed by atoms with Crippen molar-refractivity contribution in [2.24, 2.45) is 0 Å². The fourth-order valence-electron chi connectivity index (χ4n) is 0.143. The molecule has 0 aromatic carbocycles. The summed E-state index contributed by atoms with van der Waals surface area (Å²) in [5.41, 5.74) is 0. The Kier molecular flexibility index (Phi) is 21.3. The standard InChI is InChI=1S/C4H4O4.2Na.H3O4P/c5-3(6)1-2-4(7)8;;;1-5(2,3)4/h1-2H,(H,5,6)(H,7,8);;;(H3,1,2,3,4)/q;2*+1;/p-2/b2-1-;;;. The van der Waals surface area contributed by atoms with Crippen LogP contribution in [0.3, 0.4) is 0 Å². The van der Waals surface area contributed by atoms with Gasteiger partial charge in [0.1, 0.15) is 0 Å². The Bertz CT molecular complexity index is 233. The van der Waals surface area contributed by atoms with E-state index in [1.54, 1.807) is 0 Å². The van der Waals surface area contributed by atoms with Crippen LogP contribution in [0.25, 0.3) is 0 Å². The van der Waals surface area contributed by atoms with Gasteiger partial charge >= 0.3 is 71.1 Å². The third-order valence-electron chi connectivity index (χ3n) is 0.368. The van der Waals surface area contributed by atoms with Crippen LogP contribution in [0.1, 0.15) is 0 Å².